The maximum Gasteiger partial charge on any atom is 0.317 e. The van der Waals surface area contributed by atoms with Gasteiger partial charge >= 0.3 is 6.03 Å². The third kappa shape index (κ3) is 4.14. The summed E-state index contributed by atoms with van der Waals surface area (Å²) in [5.74, 6) is 1.49. The molecule has 1 heterocycles. The molecular formula is C20H27N3O2. The number of para-hydroxylation sites is 1. The number of piperidine rings is 1. The molecule has 3 fully saturated rings. The first-order valence-corrected chi connectivity index (χ1v) is 9.62. The van der Waals surface area contributed by atoms with Crippen LogP contribution in [0.2, 0.25) is 0 Å². The van der Waals surface area contributed by atoms with Gasteiger partial charge in [-0.25, -0.2) is 4.79 Å². The molecule has 2 aliphatic carbocycles. The minimum atomic E-state index is -0.00748. The van der Waals surface area contributed by atoms with Crippen molar-refractivity contribution in [3.8, 4) is 0 Å². The summed E-state index contributed by atoms with van der Waals surface area (Å²) in [4.78, 5) is 26.8. The van der Waals surface area contributed by atoms with E-state index >= 15 is 0 Å². The largest absolute Gasteiger partial charge is 0.335 e. The molecule has 1 aromatic rings. The van der Waals surface area contributed by atoms with Crippen molar-refractivity contribution >= 4 is 17.6 Å². The van der Waals surface area contributed by atoms with E-state index in [0.29, 0.717) is 31.0 Å². The van der Waals surface area contributed by atoms with Crippen LogP contribution in [0.3, 0.4) is 0 Å². The Morgan fingerprint density at radius 2 is 1.52 bits per heavy atom. The fourth-order valence-electron chi connectivity index (χ4n) is 3.88. The number of hydrogen-bond donors (Lipinski definition) is 2. The number of rotatable bonds is 5. The molecule has 5 heteroatoms. The van der Waals surface area contributed by atoms with Gasteiger partial charge in [0, 0.05) is 30.7 Å². The van der Waals surface area contributed by atoms with Crippen LogP contribution in [0.15, 0.2) is 30.3 Å². The summed E-state index contributed by atoms with van der Waals surface area (Å²) in [7, 11) is 0. The van der Waals surface area contributed by atoms with Gasteiger partial charge in [-0.05, 0) is 62.5 Å². The van der Waals surface area contributed by atoms with Crippen molar-refractivity contribution in [2.45, 2.75) is 44.6 Å². The summed E-state index contributed by atoms with van der Waals surface area (Å²) >= 11 is 0. The molecule has 0 spiro atoms. The van der Waals surface area contributed by atoms with Gasteiger partial charge in [0.05, 0.1) is 0 Å². The lowest BCUT2D eigenvalue weighted by atomic mass is 9.96. The topological polar surface area (TPSA) is 61.4 Å². The number of hydrogen-bond acceptors (Lipinski definition) is 2. The monoisotopic (exact) mass is 341 g/mol. The number of amides is 3. The Hall–Kier alpha value is -2.04. The van der Waals surface area contributed by atoms with E-state index in [4.69, 9.17) is 0 Å². The number of carbonyl (C=O) groups excluding carboxylic acids is 2. The van der Waals surface area contributed by atoms with Gasteiger partial charge in [0.1, 0.15) is 0 Å². The average Bonchev–Trinajstić information content (AvgIpc) is 3.54. The molecule has 0 aromatic heterocycles. The van der Waals surface area contributed by atoms with Crippen LogP contribution in [0.1, 0.15) is 38.5 Å². The van der Waals surface area contributed by atoms with Gasteiger partial charge < -0.3 is 15.5 Å². The molecule has 5 nitrogen and oxygen atoms in total. The first kappa shape index (κ1) is 16.4. The molecule has 4 rings (SSSR count). The van der Waals surface area contributed by atoms with Gasteiger partial charge in [-0.1, -0.05) is 18.2 Å². The third-order valence-electron chi connectivity index (χ3n) is 5.74. The zero-order chi connectivity index (χ0) is 17.2. The van der Waals surface area contributed by atoms with Crippen LogP contribution in [0.5, 0.6) is 0 Å². The van der Waals surface area contributed by atoms with Crippen molar-refractivity contribution < 1.29 is 9.59 Å². The Morgan fingerprint density at radius 1 is 0.920 bits per heavy atom. The summed E-state index contributed by atoms with van der Waals surface area (Å²) in [6.07, 6.45) is 6.55. The van der Waals surface area contributed by atoms with Crippen molar-refractivity contribution in [3.63, 3.8) is 0 Å². The van der Waals surface area contributed by atoms with Crippen LogP contribution in [-0.4, -0.2) is 36.0 Å². The van der Waals surface area contributed by atoms with Crippen LogP contribution >= 0.6 is 0 Å². The number of carbonyl (C=O) groups is 2. The second kappa shape index (κ2) is 7.06. The number of urea groups is 1. The highest BCUT2D eigenvalue weighted by Crippen LogP contribution is 2.44. The van der Waals surface area contributed by atoms with E-state index in [2.05, 4.69) is 10.6 Å². The van der Waals surface area contributed by atoms with Gasteiger partial charge in [-0.15, -0.1) is 0 Å². The average molecular weight is 341 g/mol. The summed E-state index contributed by atoms with van der Waals surface area (Å²) in [5.41, 5.74) is 0.837. The molecule has 3 amide bonds. The Bertz CT molecular complexity index is 605. The van der Waals surface area contributed by atoms with E-state index in [1.54, 1.807) is 0 Å². The molecule has 0 unspecified atom stereocenters. The van der Waals surface area contributed by atoms with Crippen molar-refractivity contribution in [1.29, 1.82) is 0 Å². The van der Waals surface area contributed by atoms with Crippen molar-refractivity contribution in [2.75, 3.05) is 18.4 Å². The van der Waals surface area contributed by atoms with E-state index in [1.165, 1.54) is 25.7 Å². The molecule has 1 aromatic carbocycles. The lowest BCUT2D eigenvalue weighted by Crippen LogP contribution is -2.50. The Balaban J connectivity index is 1.24. The summed E-state index contributed by atoms with van der Waals surface area (Å²) in [6.45, 7) is 1.33. The molecule has 0 radical (unpaired) electrons. The molecular weight excluding hydrogens is 314 g/mol. The van der Waals surface area contributed by atoms with Gasteiger partial charge in [0.25, 0.3) is 0 Å². The highest BCUT2D eigenvalue weighted by molar-refractivity contribution is 5.92. The number of likely N-dealkylation sites (tertiary alicyclic amines) is 1. The molecule has 0 bridgehead atoms. The van der Waals surface area contributed by atoms with E-state index in [9.17, 15) is 9.59 Å². The first-order chi connectivity index (χ1) is 12.2. The summed E-state index contributed by atoms with van der Waals surface area (Å²) in [5, 5.41) is 6.26. The number of anilines is 1. The standard InChI is InChI=1S/C20H27N3O2/c24-19(21-17-4-2-1-3-5-17)16-10-12-23(13-11-16)20(25)22-18(14-6-7-14)15-8-9-15/h1-5,14-16,18H,6-13H2,(H,21,24)(H,22,25). The SMILES string of the molecule is O=C(Nc1ccccc1)C1CCN(C(=O)NC(C2CC2)C2CC2)CC1. The number of nitrogens with zero attached hydrogens (tertiary/aromatic N) is 1. The third-order valence-corrected chi connectivity index (χ3v) is 5.74. The van der Waals surface area contributed by atoms with Crippen LogP contribution in [-0.2, 0) is 4.79 Å². The zero-order valence-corrected chi connectivity index (χ0v) is 14.6. The van der Waals surface area contributed by atoms with Crippen LogP contribution in [0.25, 0.3) is 0 Å². The van der Waals surface area contributed by atoms with Gasteiger partial charge in [0.15, 0.2) is 0 Å². The minimum absolute atomic E-state index is 0.00748. The Kier molecular flexibility index (Phi) is 4.64. The maximum absolute atomic E-state index is 12.6. The van der Waals surface area contributed by atoms with Gasteiger partial charge in [-0.3, -0.25) is 4.79 Å². The lowest BCUT2D eigenvalue weighted by molar-refractivity contribution is -0.121. The fourth-order valence-corrected chi connectivity index (χ4v) is 3.88. The van der Waals surface area contributed by atoms with E-state index in [-0.39, 0.29) is 17.9 Å². The molecule has 1 aliphatic heterocycles. The van der Waals surface area contributed by atoms with Gasteiger partial charge in [-0.2, -0.15) is 0 Å². The second-order valence-electron chi connectivity index (χ2n) is 7.77. The molecule has 134 valence electrons. The molecule has 3 aliphatic rings. The normalized spacial score (nSPS) is 21.2. The quantitative estimate of drug-likeness (QED) is 0.864. The summed E-state index contributed by atoms with van der Waals surface area (Å²) in [6, 6.07) is 10.0. The Labute approximate surface area is 149 Å². The minimum Gasteiger partial charge on any atom is -0.335 e. The molecule has 25 heavy (non-hydrogen) atoms. The smallest absolute Gasteiger partial charge is 0.317 e. The van der Waals surface area contributed by atoms with E-state index < -0.39 is 0 Å². The van der Waals surface area contributed by atoms with Crippen molar-refractivity contribution in [2.24, 2.45) is 17.8 Å². The van der Waals surface area contributed by atoms with Gasteiger partial charge in [0.2, 0.25) is 5.91 Å². The summed E-state index contributed by atoms with van der Waals surface area (Å²) < 4.78 is 0. The molecule has 2 N–H and O–H groups in total. The zero-order valence-electron chi connectivity index (χ0n) is 14.6. The van der Waals surface area contributed by atoms with Crippen LogP contribution in [0, 0.1) is 17.8 Å². The number of benzene rings is 1. The predicted molar refractivity (Wildman–Crippen MR) is 97.1 cm³/mol. The first-order valence-electron chi connectivity index (χ1n) is 9.62. The number of nitrogens with one attached hydrogen (secondary N) is 2. The van der Waals surface area contributed by atoms with Crippen LogP contribution < -0.4 is 10.6 Å². The molecule has 0 atom stereocenters. The highest BCUT2D eigenvalue weighted by Gasteiger charge is 2.43. The lowest BCUT2D eigenvalue weighted by Gasteiger charge is -2.33. The maximum atomic E-state index is 12.6. The molecule has 2 saturated carbocycles. The molecule has 1 saturated heterocycles. The Morgan fingerprint density at radius 3 is 2.08 bits per heavy atom. The van der Waals surface area contributed by atoms with E-state index in [1.807, 2.05) is 35.2 Å². The highest BCUT2D eigenvalue weighted by atomic mass is 16.2. The second-order valence-corrected chi connectivity index (χ2v) is 7.77. The predicted octanol–water partition coefficient (Wildman–Crippen LogP) is 3.24. The van der Waals surface area contributed by atoms with Crippen molar-refractivity contribution in [3.05, 3.63) is 30.3 Å². The van der Waals surface area contributed by atoms with Crippen LogP contribution in [0.4, 0.5) is 10.5 Å². The van der Waals surface area contributed by atoms with Crippen molar-refractivity contribution in [1.82, 2.24) is 10.2 Å². The fraction of sp³-hybridized carbons (Fsp3) is 0.600. The van der Waals surface area contributed by atoms with E-state index in [0.717, 1.165) is 18.5 Å².